The third kappa shape index (κ3) is 7.56. The lowest BCUT2D eigenvalue weighted by Crippen LogP contribution is -2.15. The van der Waals surface area contributed by atoms with Crippen molar-refractivity contribution in [1.82, 2.24) is 0 Å². The van der Waals surface area contributed by atoms with E-state index in [1.165, 1.54) is 0 Å². The topological polar surface area (TPSA) is 32.8 Å². The van der Waals surface area contributed by atoms with Crippen LogP contribution in [0, 0.1) is 11.6 Å². The van der Waals surface area contributed by atoms with Gasteiger partial charge in [0.1, 0.15) is 23.0 Å². The van der Waals surface area contributed by atoms with Gasteiger partial charge in [-0.05, 0) is 116 Å². The van der Waals surface area contributed by atoms with Gasteiger partial charge in [-0.25, -0.2) is 8.78 Å². The molecule has 2 aromatic heterocycles. The van der Waals surface area contributed by atoms with Crippen LogP contribution in [0.15, 0.2) is 270 Å². The van der Waals surface area contributed by atoms with E-state index in [4.69, 9.17) is 8.83 Å². The predicted octanol–water partition coefficient (Wildman–Crippen LogP) is 22.1. The first-order valence-corrected chi connectivity index (χ1v) is 27.8. The zero-order valence-electron chi connectivity index (χ0n) is 44.3. The minimum atomic E-state index is -0.393. The Morgan fingerprint density at radius 3 is 1.33 bits per heavy atom. The number of nitrogens with zero attached hydrogens (tertiary/aromatic N) is 2. The number of para-hydroxylation sites is 3. The molecule has 1 aliphatic carbocycles. The lowest BCUT2D eigenvalue weighted by atomic mass is 9.90. The summed E-state index contributed by atoms with van der Waals surface area (Å²) in [7, 11) is 0. The Morgan fingerprint density at radius 2 is 0.793 bits per heavy atom. The quantitative estimate of drug-likeness (QED) is 0.128. The molecule has 0 N–H and O–H groups in total. The number of hydrogen-bond donors (Lipinski definition) is 0. The molecular formula is C76H48F2N2O2. The summed E-state index contributed by atoms with van der Waals surface area (Å²) in [6.45, 7) is 0. The van der Waals surface area contributed by atoms with Crippen LogP contribution in [0.25, 0.3) is 116 Å². The zero-order chi connectivity index (χ0) is 54.4. The highest BCUT2D eigenvalue weighted by molar-refractivity contribution is 6.29. The molecule has 0 atom stereocenters. The molecule has 0 saturated heterocycles. The molecule has 4 nitrogen and oxygen atoms in total. The third-order valence-electron chi connectivity index (χ3n) is 16.6. The van der Waals surface area contributed by atoms with Gasteiger partial charge in [-0.2, -0.15) is 0 Å². The monoisotopic (exact) mass is 1060 g/mol. The average molecular weight is 1060 g/mol. The molecule has 388 valence electrons. The van der Waals surface area contributed by atoms with E-state index in [2.05, 4.69) is 113 Å². The molecule has 6 heteroatoms. The van der Waals surface area contributed by atoms with Crippen LogP contribution in [0.3, 0.4) is 0 Å². The Balaban J connectivity index is 0.993. The van der Waals surface area contributed by atoms with Crippen molar-refractivity contribution >= 4 is 105 Å². The maximum atomic E-state index is 18.4. The summed E-state index contributed by atoms with van der Waals surface area (Å²) in [6, 6.07) is 85.2. The number of aryl methyl sites for hydroxylation is 1. The first-order valence-electron chi connectivity index (χ1n) is 27.8. The van der Waals surface area contributed by atoms with E-state index >= 15 is 8.78 Å². The van der Waals surface area contributed by atoms with Crippen molar-refractivity contribution in [3.05, 3.63) is 284 Å². The minimum absolute atomic E-state index is 0.382. The summed E-state index contributed by atoms with van der Waals surface area (Å²) in [5, 5.41) is 8.64. The number of halogens is 2. The van der Waals surface area contributed by atoms with E-state index in [-0.39, 0.29) is 5.82 Å². The SMILES string of the molecule is Fc1cc(-c2ccccc2)cc(-c2ccccc2)c1N(c1ccc2ccc3c(N(c4c(F)cc(-c5ccccc5)cc4-c4ccccc4)c4cccc5c4oc4ccccc45)ccc4ccc1c2c43)c1cccc2c3c(oc12)CCC=C3. The van der Waals surface area contributed by atoms with Crippen LogP contribution in [0.1, 0.15) is 17.7 Å². The Kier molecular flexibility index (Phi) is 11.0. The van der Waals surface area contributed by atoms with E-state index in [9.17, 15) is 0 Å². The fourth-order valence-corrected chi connectivity index (χ4v) is 12.9. The molecule has 0 spiro atoms. The molecular weight excluding hydrogens is 1010 g/mol. The summed E-state index contributed by atoms with van der Waals surface area (Å²) in [5.41, 5.74) is 13.3. The van der Waals surface area contributed by atoms with Crippen LogP contribution in [-0.4, -0.2) is 0 Å². The van der Waals surface area contributed by atoms with E-state index in [1.807, 2.05) is 152 Å². The lowest BCUT2D eigenvalue weighted by Gasteiger charge is -2.31. The van der Waals surface area contributed by atoms with E-state index in [1.54, 1.807) is 12.1 Å². The third-order valence-corrected chi connectivity index (χ3v) is 16.6. The van der Waals surface area contributed by atoms with Gasteiger partial charge in [0.2, 0.25) is 0 Å². The highest BCUT2D eigenvalue weighted by Crippen LogP contribution is 2.54. The van der Waals surface area contributed by atoms with Crippen molar-refractivity contribution < 1.29 is 17.6 Å². The van der Waals surface area contributed by atoms with E-state index in [0.29, 0.717) is 33.9 Å². The number of benzene rings is 13. The standard InChI is InChI=1S/C76H48F2N2O2/c77-63-45-53(47-19-5-1-6-20-47)43-61(49-23-9-3-10-24-49)73(63)79(67-31-17-29-57-55-27-13-15-33-69(55)81-75(57)67)65-41-37-51-36-40-60-66(42-38-52-35-39-59(65)71(51)72(52)60)80(68-32-18-30-58-56-28-14-16-34-70(56)82-76(58)68)74-62(50-25-11-4-12-26-50)44-54(46-64(74)78)48-21-7-2-8-22-48/h1-15,17-33,35-46H,16,34H2. The van der Waals surface area contributed by atoms with Gasteiger partial charge in [-0.15, -0.1) is 0 Å². The molecule has 0 bridgehead atoms. The largest absolute Gasteiger partial charge is 0.458 e. The Bertz CT molecular complexity index is 5010. The number of allylic oxidation sites excluding steroid dienone is 1. The van der Waals surface area contributed by atoms with Crippen molar-refractivity contribution in [1.29, 1.82) is 0 Å². The number of furan rings is 2. The highest BCUT2D eigenvalue weighted by atomic mass is 19.1. The van der Waals surface area contributed by atoms with Crippen molar-refractivity contribution in [2.45, 2.75) is 12.8 Å². The van der Waals surface area contributed by atoms with Gasteiger partial charge in [0.25, 0.3) is 0 Å². The number of hydrogen-bond acceptors (Lipinski definition) is 4. The predicted molar refractivity (Wildman–Crippen MR) is 336 cm³/mol. The first kappa shape index (κ1) is 47.4. The molecule has 82 heavy (non-hydrogen) atoms. The lowest BCUT2D eigenvalue weighted by molar-refractivity contribution is 0.546. The van der Waals surface area contributed by atoms with Crippen LogP contribution in [0.4, 0.5) is 42.9 Å². The maximum Gasteiger partial charge on any atom is 0.159 e. The van der Waals surface area contributed by atoms with Crippen LogP contribution in [0.5, 0.6) is 0 Å². The van der Waals surface area contributed by atoms with Crippen molar-refractivity contribution in [3.8, 4) is 44.5 Å². The number of anilines is 6. The zero-order valence-corrected chi connectivity index (χ0v) is 44.3. The maximum absolute atomic E-state index is 18.4. The fourth-order valence-electron chi connectivity index (χ4n) is 12.9. The molecule has 15 aromatic rings. The fraction of sp³-hybridized carbons (Fsp3) is 0.0263. The normalized spacial score (nSPS) is 12.4. The van der Waals surface area contributed by atoms with Gasteiger partial charge in [0.15, 0.2) is 11.2 Å². The molecule has 0 radical (unpaired) electrons. The average Bonchev–Trinajstić information content (AvgIpc) is 3.24. The number of rotatable bonds is 10. The van der Waals surface area contributed by atoms with Crippen LogP contribution >= 0.6 is 0 Å². The van der Waals surface area contributed by atoms with Crippen molar-refractivity contribution in [2.75, 3.05) is 9.80 Å². The summed E-state index contributed by atoms with van der Waals surface area (Å²) < 4.78 is 50.5. The highest BCUT2D eigenvalue weighted by Gasteiger charge is 2.31. The van der Waals surface area contributed by atoms with Crippen molar-refractivity contribution in [3.63, 3.8) is 0 Å². The molecule has 0 amide bonds. The van der Waals surface area contributed by atoms with Gasteiger partial charge in [0.05, 0.1) is 34.1 Å². The second-order valence-corrected chi connectivity index (χ2v) is 21.2. The Hall–Kier alpha value is -10.6. The second-order valence-electron chi connectivity index (χ2n) is 21.2. The van der Waals surface area contributed by atoms with Gasteiger partial charge in [0, 0.05) is 50.0 Å². The number of fused-ring (bicyclic) bond motifs is 6. The summed E-state index contributed by atoms with van der Waals surface area (Å²) in [5.74, 6) is 0.141. The van der Waals surface area contributed by atoms with Gasteiger partial charge >= 0.3 is 0 Å². The summed E-state index contributed by atoms with van der Waals surface area (Å²) in [6.07, 6.45) is 6.00. The van der Waals surface area contributed by atoms with E-state index in [0.717, 1.165) is 134 Å². The summed E-state index contributed by atoms with van der Waals surface area (Å²) in [4.78, 5) is 4.16. The second kappa shape index (κ2) is 19.1. The summed E-state index contributed by atoms with van der Waals surface area (Å²) >= 11 is 0. The molecule has 0 saturated carbocycles. The van der Waals surface area contributed by atoms with Crippen molar-refractivity contribution in [2.24, 2.45) is 0 Å². The molecule has 0 unspecified atom stereocenters. The van der Waals surface area contributed by atoms with Gasteiger partial charge in [-0.3, -0.25) is 0 Å². The molecule has 16 rings (SSSR count). The van der Waals surface area contributed by atoms with Gasteiger partial charge in [-0.1, -0.05) is 212 Å². The first-order chi connectivity index (χ1) is 40.5. The molecule has 0 aliphatic heterocycles. The molecule has 2 heterocycles. The van der Waals surface area contributed by atoms with Gasteiger partial charge < -0.3 is 18.6 Å². The molecule has 13 aromatic carbocycles. The van der Waals surface area contributed by atoms with Crippen LogP contribution < -0.4 is 9.80 Å². The molecule has 0 fully saturated rings. The Labute approximate surface area is 471 Å². The minimum Gasteiger partial charge on any atom is -0.458 e. The molecule has 1 aliphatic rings. The Morgan fingerprint density at radius 1 is 0.341 bits per heavy atom. The smallest absolute Gasteiger partial charge is 0.159 e. The van der Waals surface area contributed by atoms with Crippen LogP contribution in [-0.2, 0) is 6.42 Å². The van der Waals surface area contributed by atoms with E-state index < -0.39 is 5.82 Å². The van der Waals surface area contributed by atoms with Crippen LogP contribution in [0.2, 0.25) is 0 Å².